The van der Waals surface area contributed by atoms with Crippen LogP contribution in [0.4, 0.5) is 5.69 Å². The van der Waals surface area contributed by atoms with Gasteiger partial charge in [-0.15, -0.1) is 0 Å². The van der Waals surface area contributed by atoms with Crippen molar-refractivity contribution in [1.29, 1.82) is 5.26 Å². The predicted molar refractivity (Wildman–Crippen MR) is 79.2 cm³/mol. The second-order valence-electron chi connectivity index (χ2n) is 5.31. The molecule has 20 heavy (non-hydrogen) atoms. The highest BCUT2D eigenvalue weighted by atomic mass is 35.5. The van der Waals surface area contributed by atoms with E-state index in [2.05, 4.69) is 15.9 Å². The first-order chi connectivity index (χ1) is 9.78. The van der Waals surface area contributed by atoms with E-state index in [0.717, 1.165) is 51.5 Å². The van der Waals surface area contributed by atoms with Crippen molar-refractivity contribution in [3.8, 4) is 6.07 Å². The summed E-state index contributed by atoms with van der Waals surface area (Å²) in [7, 11) is 0. The van der Waals surface area contributed by atoms with Crippen LogP contribution in [0.5, 0.6) is 0 Å². The van der Waals surface area contributed by atoms with Gasteiger partial charge in [-0.1, -0.05) is 11.6 Å². The van der Waals surface area contributed by atoms with E-state index in [4.69, 9.17) is 16.3 Å². The minimum Gasteiger partial charge on any atom is -0.379 e. The smallest absolute Gasteiger partial charge is 0.101 e. The topological polar surface area (TPSA) is 39.5 Å². The van der Waals surface area contributed by atoms with E-state index in [0.29, 0.717) is 16.6 Å². The van der Waals surface area contributed by atoms with Crippen LogP contribution < -0.4 is 4.90 Å². The summed E-state index contributed by atoms with van der Waals surface area (Å²) in [4.78, 5) is 4.78. The molecule has 0 aromatic heterocycles. The molecule has 2 fully saturated rings. The first-order valence-corrected chi connectivity index (χ1v) is 7.42. The second kappa shape index (κ2) is 6.01. The van der Waals surface area contributed by atoms with Crippen LogP contribution in [0.2, 0.25) is 5.02 Å². The normalized spacial score (nSPS) is 23.8. The fourth-order valence-corrected chi connectivity index (χ4v) is 3.23. The maximum absolute atomic E-state index is 9.24. The summed E-state index contributed by atoms with van der Waals surface area (Å²) in [6.07, 6.45) is 1.14. The van der Waals surface area contributed by atoms with Crippen LogP contribution in [0.3, 0.4) is 0 Å². The fraction of sp³-hybridized carbons (Fsp3) is 0.533. The Bertz CT molecular complexity index is 522. The summed E-state index contributed by atoms with van der Waals surface area (Å²) < 4.78 is 5.41. The van der Waals surface area contributed by atoms with Gasteiger partial charge in [-0.3, -0.25) is 4.90 Å². The third-order valence-corrected chi connectivity index (χ3v) is 4.38. The zero-order valence-corrected chi connectivity index (χ0v) is 12.1. The number of morpholine rings is 1. The average molecular weight is 292 g/mol. The largest absolute Gasteiger partial charge is 0.379 e. The number of nitriles is 1. The van der Waals surface area contributed by atoms with Crippen molar-refractivity contribution in [3.05, 3.63) is 28.8 Å². The van der Waals surface area contributed by atoms with E-state index in [1.165, 1.54) is 0 Å². The van der Waals surface area contributed by atoms with E-state index >= 15 is 0 Å². The molecule has 0 bridgehead atoms. The van der Waals surface area contributed by atoms with Gasteiger partial charge in [-0.05, 0) is 24.6 Å². The highest BCUT2D eigenvalue weighted by Crippen LogP contribution is 2.29. The first kappa shape index (κ1) is 13.7. The third kappa shape index (κ3) is 2.76. The number of ether oxygens (including phenoxy) is 1. The molecule has 1 atom stereocenters. The summed E-state index contributed by atoms with van der Waals surface area (Å²) in [5.41, 5.74) is 1.67. The molecule has 3 rings (SSSR count). The van der Waals surface area contributed by atoms with E-state index in [1.54, 1.807) is 12.1 Å². The van der Waals surface area contributed by atoms with Gasteiger partial charge in [0.05, 0.1) is 24.5 Å². The maximum atomic E-state index is 9.24. The predicted octanol–water partition coefficient (Wildman–Crippen LogP) is 2.12. The number of rotatable bonds is 2. The Morgan fingerprint density at radius 1 is 1.25 bits per heavy atom. The molecule has 1 aromatic rings. The molecule has 1 unspecified atom stereocenters. The molecule has 0 radical (unpaired) electrons. The zero-order valence-electron chi connectivity index (χ0n) is 11.4. The van der Waals surface area contributed by atoms with Crippen molar-refractivity contribution < 1.29 is 4.74 Å². The van der Waals surface area contributed by atoms with Gasteiger partial charge in [0.15, 0.2) is 0 Å². The van der Waals surface area contributed by atoms with E-state index in [1.807, 2.05) is 6.07 Å². The summed E-state index contributed by atoms with van der Waals surface area (Å²) in [5, 5.41) is 9.93. The molecule has 106 valence electrons. The van der Waals surface area contributed by atoms with Gasteiger partial charge >= 0.3 is 0 Å². The molecule has 0 aliphatic carbocycles. The van der Waals surface area contributed by atoms with Crippen molar-refractivity contribution in [2.75, 3.05) is 44.3 Å². The van der Waals surface area contributed by atoms with Gasteiger partial charge in [0, 0.05) is 37.2 Å². The number of anilines is 1. The third-order valence-electron chi connectivity index (χ3n) is 4.15. The zero-order chi connectivity index (χ0) is 13.9. The van der Waals surface area contributed by atoms with Gasteiger partial charge in [-0.2, -0.15) is 5.26 Å². The molecular weight excluding hydrogens is 274 g/mol. The lowest BCUT2D eigenvalue weighted by Gasteiger charge is -2.32. The second-order valence-corrected chi connectivity index (χ2v) is 5.75. The van der Waals surface area contributed by atoms with E-state index < -0.39 is 0 Å². The number of halogens is 1. The van der Waals surface area contributed by atoms with Gasteiger partial charge in [0.25, 0.3) is 0 Å². The van der Waals surface area contributed by atoms with Crippen molar-refractivity contribution >= 4 is 17.3 Å². The average Bonchev–Trinajstić information content (AvgIpc) is 2.98. The molecule has 4 nitrogen and oxygen atoms in total. The van der Waals surface area contributed by atoms with Crippen LogP contribution in [0.1, 0.15) is 12.0 Å². The summed E-state index contributed by atoms with van der Waals surface area (Å²) in [5.74, 6) is 0. The summed E-state index contributed by atoms with van der Waals surface area (Å²) in [6.45, 7) is 5.64. The van der Waals surface area contributed by atoms with Crippen LogP contribution >= 0.6 is 11.6 Å². The molecule has 1 aromatic carbocycles. The minimum atomic E-state index is 0.560. The van der Waals surface area contributed by atoms with Gasteiger partial charge in [-0.25, -0.2) is 0 Å². The molecule has 2 aliphatic heterocycles. The summed E-state index contributed by atoms with van der Waals surface area (Å²) >= 11 is 6.07. The fourth-order valence-electron chi connectivity index (χ4n) is 3.06. The molecule has 0 spiro atoms. The Balaban J connectivity index is 1.73. The standard InChI is InChI=1S/C15H18ClN3O/c16-13-2-1-12(10-17)15(9-13)19-4-3-14(11-19)18-5-7-20-8-6-18/h1-2,9,14H,3-8,11H2. The first-order valence-electron chi connectivity index (χ1n) is 7.04. The van der Waals surface area contributed by atoms with Crippen molar-refractivity contribution in [1.82, 2.24) is 4.90 Å². The SMILES string of the molecule is N#Cc1ccc(Cl)cc1N1CCC(N2CCOCC2)C1. The molecular formula is C15H18ClN3O. The number of hydrogen-bond acceptors (Lipinski definition) is 4. The van der Waals surface area contributed by atoms with Crippen LogP contribution in [0, 0.1) is 11.3 Å². The number of hydrogen-bond donors (Lipinski definition) is 0. The number of benzene rings is 1. The van der Waals surface area contributed by atoms with Gasteiger partial charge in [0.2, 0.25) is 0 Å². The molecule has 2 saturated heterocycles. The molecule has 2 aliphatic rings. The summed E-state index contributed by atoms with van der Waals surface area (Å²) in [6, 6.07) is 8.31. The Labute approximate surface area is 124 Å². The van der Waals surface area contributed by atoms with Crippen LogP contribution in [0.25, 0.3) is 0 Å². The molecule has 0 amide bonds. The lowest BCUT2D eigenvalue weighted by Crippen LogP contribution is -2.44. The quantitative estimate of drug-likeness (QED) is 0.837. The van der Waals surface area contributed by atoms with Gasteiger partial charge in [0.1, 0.15) is 6.07 Å². The molecule has 0 N–H and O–H groups in total. The molecule has 2 heterocycles. The highest BCUT2D eigenvalue weighted by molar-refractivity contribution is 6.30. The van der Waals surface area contributed by atoms with Crippen LogP contribution in [-0.4, -0.2) is 50.3 Å². The van der Waals surface area contributed by atoms with Crippen molar-refractivity contribution in [2.45, 2.75) is 12.5 Å². The van der Waals surface area contributed by atoms with Crippen molar-refractivity contribution in [2.24, 2.45) is 0 Å². The molecule has 0 saturated carbocycles. The van der Waals surface area contributed by atoms with Crippen LogP contribution in [0.15, 0.2) is 18.2 Å². The van der Waals surface area contributed by atoms with Crippen LogP contribution in [-0.2, 0) is 4.74 Å². The lowest BCUT2D eigenvalue weighted by atomic mass is 10.2. The minimum absolute atomic E-state index is 0.560. The van der Waals surface area contributed by atoms with Gasteiger partial charge < -0.3 is 9.64 Å². The maximum Gasteiger partial charge on any atom is 0.101 e. The van der Waals surface area contributed by atoms with Crippen molar-refractivity contribution in [3.63, 3.8) is 0 Å². The Hall–Kier alpha value is -1.28. The Kier molecular flexibility index (Phi) is 4.11. The number of nitrogens with zero attached hydrogens (tertiary/aromatic N) is 3. The van der Waals surface area contributed by atoms with E-state index in [-0.39, 0.29) is 0 Å². The highest BCUT2D eigenvalue weighted by Gasteiger charge is 2.29. The van der Waals surface area contributed by atoms with E-state index in [9.17, 15) is 5.26 Å². The Morgan fingerprint density at radius 3 is 2.80 bits per heavy atom. The Morgan fingerprint density at radius 2 is 2.05 bits per heavy atom. The lowest BCUT2D eigenvalue weighted by molar-refractivity contribution is 0.0209. The molecule has 5 heteroatoms. The monoisotopic (exact) mass is 291 g/mol.